The van der Waals surface area contributed by atoms with E-state index in [4.69, 9.17) is 9.72 Å². The molecule has 1 aliphatic rings. The predicted octanol–water partition coefficient (Wildman–Crippen LogP) is 6.21. The molecule has 3 heterocycles. The highest BCUT2D eigenvalue weighted by atomic mass is 19.1. The molecule has 5 rings (SSSR count). The van der Waals surface area contributed by atoms with E-state index in [1.807, 2.05) is 24.3 Å². The molecule has 2 unspecified atom stereocenters. The number of benzene rings is 2. The largest absolute Gasteiger partial charge is 0.493 e. The van der Waals surface area contributed by atoms with Crippen molar-refractivity contribution in [2.45, 2.75) is 45.6 Å². The summed E-state index contributed by atoms with van der Waals surface area (Å²) in [5, 5.41) is 15.6. The Morgan fingerprint density at radius 1 is 1.17 bits per heavy atom. The summed E-state index contributed by atoms with van der Waals surface area (Å²) in [7, 11) is 3.21. The monoisotopic (exact) mass is 490 g/mol. The molecular weight excluding hydrogens is 459 g/mol. The number of pyridine rings is 1. The second kappa shape index (κ2) is 8.76. The minimum absolute atomic E-state index is 0.0466. The molecule has 1 N–H and O–H groups in total. The van der Waals surface area contributed by atoms with Crippen LogP contribution in [-0.4, -0.2) is 50.6 Å². The van der Waals surface area contributed by atoms with Crippen LogP contribution in [0.2, 0.25) is 0 Å². The Balaban J connectivity index is 1.49. The van der Waals surface area contributed by atoms with Gasteiger partial charge in [0.2, 0.25) is 0 Å². The van der Waals surface area contributed by atoms with Gasteiger partial charge < -0.3 is 14.7 Å². The van der Waals surface area contributed by atoms with Crippen molar-refractivity contribution in [3.8, 4) is 17.0 Å². The number of carbonyl (C=O) groups is 1. The molecule has 0 aliphatic carbocycles. The maximum atomic E-state index is 15.1. The number of piperidine rings is 1. The van der Waals surface area contributed by atoms with Crippen LogP contribution in [0, 0.1) is 11.2 Å². The van der Waals surface area contributed by atoms with Gasteiger partial charge in [-0.25, -0.2) is 14.2 Å². The second-order valence-corrected chi connectivity index (χ2v) is 10.7. The Bertz CT molecular complexity index is 1470. The molecule has 2 aromatic carbocycles. The molecular formula is C28H31FN4O3. The molecule has 1 fully saturated rings. The van der Waals surface area contributed by atoms with Crippen molar-refractivity contribution < 1.29 is 19.0 Å². The van der Waals surface area contributed by atoms with Crippen LogP contribution >= 0.6 is 0 Å². The molecule has 4 aromatic rings. The lowest BCUT2D eigenvalue weighted by Crippen LogP contribution is -2.51. The first-order valence-electron chi connectivity index (χ1n) is 12.2. The fourth-order valence-corrected chi connectivity index (χ4v) is 5.49. The quantitative estimate of drug-likeness (QED) is 0.369. The normalized spacial score (nSPS) is 18.7. The number of hydrogen-bond donors (Lipinski definition) is 1. The van der Waals surface area contributed by atoms with Crippen LogP contribution in [-0.2, 0) is 7.05 Å². The number of fused-ring (bicyclic) bond motifs is 2. The van der Waals surface area contributed by atoms with E-state index in [2.05, 4.69) is 38.0 Å². The van der Waals surface area contributed by atoms with Crippen molar-refractivity contribution in [1.29, 1.82) is 0 Å². The van der Waals surface area contributed by atoms with Crippen molar-refractivity contribution in [1.82, 2.24) is 19.7 Å². The van der Waals surface area contributed by atoms with Gasteiger partial charge in [-0.2, -0.15) is 5.10 Å². The number of aryl methyl sites for hydroxylation is 1. The summed E-state index contributed by atoms with van der Waals surface area (Å²) in [5.41, 5.74) is 3.33. The number of amides is 1. The fourth-order valence-electron chi connectivity index (χ4n) is 5.49. The fraction of sp³-hybridized carbons (Fsp3) is 0.393. The van der Waals surface area contributed by atoms with E-state index in [0.717, 1.165) is 23.7 Å². The van der Waals surface area contributed by atoms with Crippen molar-refractivity contribution in [2.75, 3.05) is 13.7 Å². The number of likely N-dealkylation sites (tertiary alicyclic amines) is 1. The minimum Gasteiger partial charge on any atom is -0.493 e. The average molecular weight is 491 g/mol. The Labute approximate surface area is 209 Å². The summed E-state index contributed by atoms with van der Waals surface area (Å²) in [5.74, 6) is -0.0943. The molecule has 0 spiro atoms. The minimum atomic E-state index is -0.847. The van der Waals surface area contributed by atoms with Gasteiger partial charge in [-0.1, -0.05) is 32.9 Å². The molecule has 0 saturated carbocycles. The highest BCUT2D eigenvalue weighted by Crippen LogP contribution is 2.40. The molecule has 2 aromatic heterocycles. The molecule has 1 aliphatic heterocycles. The van der Waals surface area contributed by atoms with Crippen LogP contribution in [0.4, 0.5) is 9.18 Å². The molecule has 0 radical (unpaired) electrons. The molecule has 7 nitrogen and oxygen atoms in total. The van der Waals surface area contributed by atoms with Gasteiger partial charge in [-0.15, -0.1) is 0 Å². The van der Waals surface area contributed by atoms with Crippen molar-refractivity contribution in [2.24, 2.45) is 12.5 Å². The first-order chi connectivity index (χ1) is 17.1. The number of ether oxygens (including phenoxy) is 1. The lowest BCUT2D eigenvalue weighted by atomic mass is 9.75. The molecule has 0 bridgehead atoms. The van der Waals surface area contributed by atoms with Gasteiger partial charge in [0.25, 0.3) is 0 Å². The molecule has 188 valence electrons. The Morgan fingerprint density at radius 2 is 1.94 bits per heavy atom. The number of halogens is 1. The van der Waals surface area contributed by atoms with Gasteiger partial charge in [-0.3, -0.25) is 4.68 Å². The summed E-state index contributed by atoms with van der Waals surface area (Å²) in [6, 6.07) is 11.9. The number of carboxylic acid groups (broad SMARTS) is 1. The molecule has 8 heteroatoms. The van der Waals surface area contributed by atoms with Crippen LogP contribution in [0.15, 0.2) is 42.6 Å². The van der Waals surface area contributed by atoms with Gasteiger partial charge in [0, 0.05) is 42.2 Å². The number of nitrogens with zero attached hydrogens (tertiary/aromatic N) is 4. The first-order valence-corrected chi connectivity index (χ1v) is 12.2. The Hall–Kier alpha value is -3.68. The summed E-state index contributed by atoms with van der Waals surface area (Å²) in [6.45, 7) is 6.82. The van der Waals surface area contributed by atoms with Crippen LogP contribution in [0.3, 0.4) is 0 Å². The Kier molecular flexibility index (Phi) is 5.85. The predicted molar refractivity (Wildman–Crippen MR) is 138 cm³/mol. The van der Waals surface area contributed by atoms with Gasteiger partial charge in [0.1, 0.15) is 5.52 Å². The van der Waals surface area contributed by atoms with E-state index >= 15 is 4.39 Å². The van der Waals surface area contributed by atoms with Crippen LogP contribution < -0.4 is 4.74 Å². The summed E-state index contributed by atoms with van der Waals surface area (Å²) in [4.78, 5) is 18.2. The summed E-state index contributed by atoms with van der Waals surface area (Å²) >= 11 is 0. The van der Waals surface area contributed by atoms with Gasteiger partial charge in [0.15, 0.2) is 11.6 Å². The van der Waals surface area contributed by atoms with Gasteiger partial charge in [0.05, 0.1) is 18.3 Å². The zero-order valence-electron chi connectivity index (χ0n) is 21.2. The number of aromatic nitrogens is 3. The van der Waals surface area contributed by atoms with Crippen molar-refractivity contribution in [3.63, 3.8) is 0 Å². The van der Waals surface area contributed by atoms with E-state index in [0.29, 0.717) is 23.2 Å². The zero-order chi connectivity index (χ0) is 25.8. The highest BCUT2D eigenvalue weighted by molar-refractivity contribution is 5.90. The standard InChI is InChI=1S/C28H31FN4O3/c1-28(2,3)23-14-17(10-11-33(23)27(34)35)16-6-8-21-18(12-16)7-9-22(30-21)20-13-19-15-32(4)31-25(19)24(29)26(20)36-5/h6-9,12-13,15,17,23H,10-11,14H2,1-5H3,(H,34,35). The van der Waals surface area contributed by atoms with Crippen molar-refractivity contribution >= 4 is 27.9 Å². The van der Waals surface area contributed by atoms with Crippen LogP contribution in [0.25, 0.3) is 33.1 Å². The van der Waals surface area contributed by atoms with Crippen molar-refractivity contribution in [3.05, 3.63) is 54.0 Å². The summed E-state index contributed by atoms with van der Waals surface area (Å²) in [6.07, 6.45) is 2.50. The lowest BCUT2D eigenvalue weighted by molar-refractivity contribution is 0.0526. The number of methoxy groups -OCH3 is 1. The molecule has 1 amide bonds. The lowest BCUT2D eigenvalue weighted by Gasteiger charge is -2.44. The van der Waals surface area contributed by atoms with E-state index in [9.17, 15) is 9.90 Å². The van der Waals surface area contributed by atoms with E-state index in [-0.39, 0.29) is 28.6 Å². The third-order valence-corrected chi connectivity index (χ3v) is 7.32. The first kappa shape index (κ1) is 24.0. The number of rotatable bonds is 3. The van der Waals surface area contributed by atoms with Gasteiger partial charge in [-0.05, 0) is 54.0 Å². The van der Waals surface area contributed by atoms with E-state index in [1.165, 1.54) is 12.7 Å². The zero-order valence-corrected chi connectivity index (χ0v) is 21.2. The van der Waals surface area contributed by atoms with Crippen LogP contribution in [0.1, 0.15) is 45.1 Å². The smallest absolute Gasteiger partial charge is 0.407 e. The molecule has 36 heavy (non-hydrogen) atoms. The third kappa shape index (κ3) is 4.14. The summed E-state index contributed by atoms with van der Waals surface area (Å²) < 4.78 is 22.1. The van der Waals surface area contributed by atoms with E-state index < -0.39 is 11.9 Å². The maximum absolute atomic E-state index is 15.1. The molecule has 1 saturated heterocycles. The number of hydrogen-bond acceptors (Lipinski definition) is 4. The SMILES string of the molecule is COc1c(-c2ccc3cc(C4CCN(C(=O)O)C(C(C)(C)C)C4)ccc3n2)cc2cn(C)nc2c1F. The van der Waals surface area contributed by atoms with Crippen LogP contribution in [0.5, 0.6) is 5.75 Å². The van der Waals surface area contributed by atoms with Gasteiger partial charge >= 0.3 is 6.09 Å². The second-order valence-electron chi connectivity index (χ2n) is 10.7. The maximum Gasteiger partial charge on any atom is 0.407 e. The highest BCUT2D eigenvalue weighted by Gasteiger charge is 2.39. The third-order valence-electron chi connectivity index (χ3n) is 7.32. The average Bonchev–Trinajstić information content (AvgIpc) is 3.23. The van der Waals surface area contributed by atoms with E-state index in [1.54, 1.807) is 22.8 Å². The Morgan fingerprint density at radius 3 is 2.64 bits per heavy atom. The molecule has 2 atom stereocenters. The topological polar surface area (TPSA) is 80.5 Å².